The van der Waals surface area contributed by atoms with Crippen LogP contribution in [0.25, 0.3) is 0 Å². The SMILES string of the molecule is CCNc1nc(N)n(Cc2cccc(F)c2)n1. The van der Waals surface area contributed by atoms with Gasteiger partial charge in [-0.2, -0.15) is 4.98 Å². The van der Waals surface area contributed by atoms with Crippen molar-refractivity contribution in [1.82, 2.24) is 14.8 Å². The van der Waals surface area contributed by atoms with Gasteiger partial charge in [0, 0.05) is 6.54 Å². The molecule has 0 aliphatic carbocycles. The molecule has 0 saturated heterocycles. The molecule has 0 aliphatic rings. The first-order valence-corrected chi connectivity index (χ1v) is 5.37. The van der Waals surface area contributed by atoms with Crippen LogP contribution in [0.1, 0.15) is 12.5 Å². The van der Waals surface area contributed by atoms with Crippen LogP contribution in [0.5, 0.6) is 0 Å². The van der Waals surface area contributed by atoms with Crippen molar-refractivity contribution in [3.05, 3.63) is 35.6 Å². The highest BCUT2D eigenvalue weighted by atomic mass is 19.1. The van der Waals surface area contributed by atoms with E-state index in [9.17, 15) is 4.39 Å². The number of benzene rings is 1. The Labute approximate surface area is 98.5 Å². The summed E-state index contributed by atoms with van der Waals surface area (Å²) in [6, 6.07) is 6.33. The molecule has 2 rings (SSSR count). The number of nitrogens with two attached hydrogens (primary N) is 1. The van der Waals surface area contributed by atoms with E-state index in [0.29, 0.717) is 18.4 Å². The molecule has 0 atom stereocenters. The van der Waals surface area contributed by atoms with Crippen LogP contribution in [0.4, 0.5) is 16.3 Å². The van der Waals surface area contributed by atoms with E-state index in [2.05, 4.69) is 15.4 Å². The number of anilines is 2. The molecule has 0 spiro atoms. The van der Waals surface area contributed by atoms with Crippen LogP contribution >= 0.6 is 0 Å². The highest BCUT2D eigenvalue weighted by Crippen LogP contribution is 2.10. The first-order chi connectivity index (χ1) is 8.19. The van der Waals surface area contributed by atoms with Crippen molar-refractivity contribution < 1.29 is 4.39 Å². The minimum Gasteiger partial charge on any atom is -0.368 e. The van der Waals surface area contributed by atoms with E-state index in [1.165, 1.54) is 16.8 Å². The van der Waals surface area contributed by atoms with E-state index < -0.39 is 0 Å². The van der Waals surface area contributed by atoms with Gasteiger partial charge in [0.2, 0.25) is 11.9 Å². The Kier molecular flexibility index (Phi) is 3.22. The summed E-state index contributed by atoms with van der Waals surface area (Å²) >= 11 is 0. The molecule has 0 fully saturated rings. The van der Waals surface area contributed by atoms with Crippen molar-refractivity contribution in [2.45, 2.75) is 13.5 Å². The summed E-state index contributed by atoms with van der Waals surface area (Å²) < 4.78 is 14.5. The summed E-state index contributed by atoms with van der Waals surface area (Å²) in [4.78, 5) is 4.04. The van der Waals surface area contributed by atoms with Gasteiger partial charge in [0.15, 0.2) is 0 Å². The number of halogens is 1. The smallest absolute Gasteiger partial charge is 0.243 e. The highest BCUT2D eigenvalue weighted by Gasteiger charge is 2.06. The number of nitrogens with one attached hydrogen (secondary N) is 1. The number of hydrogen-bond donors (Lipinski definition) is 2. The molecular weight excluding hydrogens is 221 g/mol. The molecule has 3 N–H and O–H groups in total. The lowest BCUT2D eigenvalue weighted by molar-refractivity contribution is 0.620. The van der Waals surface area contributed by atoms with Gasteiger partial charge >= 0.3 is 0 Å². The highest BCUT2D eigenvalue weighted by molar-refractivity contribution is 5.32. The minimum absolute atomic E-state index is 0.270. The molecule has 0 bridgehead atoms. The molecule has 90 valence electrons. The molecule has 1 aromatic heterocycles. The predicted octanol–water partition coefficient (Wildman–Crippen LogP) is 1.48. The van der Waals surface area contributed by atoms with Crippen molar-refractivity contribution >= 4 is 11.9 Å². The molecule has 0 saturated carbocycles. The molecule has 6 heteroatoms. The third-order valence-corrected chi connectivity index (χ3v) is 2.26. The molecule has 2 aromatic rings. The van der Waals surface area contributed by atoms with Gasteiger partial charge in [-0.3, -0.25) is 0 Å². The standard InChI is InChI=1S/C11H14FN5/c1-2-14-11-15-10(13)17(16-11)7-8-4-3-5-9(12)6-8/h3-6H,2,7H2,1H3,(H3,13,14,15,16). The quantitative estimate of drug-likeness (QED) is 0.842. The van der Waals surface area contributed by atoms with Crippen LogP contribution in [-0.2, 0) is 6.54 Å². The van der Waals surface area contributed by atoms with Crippen LogP contribution in [0.2, 0.25) is 0 Å². The molecule has 5 nitrogen and oxygen atoms in total. The second-order valence-electron chi connectivity index (χ2n) is 3.61. The largest absolute Gasteiger partial charge is 0.368 e. The van der Waals surface area contributed by atoms with Crippen LogP contribution in [0.3, 0.4) is 0 Å². The van der Waals surface area contributed by atoms with E-state index in [4.69, 9.17) is 5.73 Å². The zero-order valence-electron chi connectivity index (χ0n) is 9.52. The molecular formula is C11H14FN5. The van der Waals surface area contributed by atoms with Crippen molar-refractivity contribution in [2.24, 2.45) is 0 Å². The first kappa shape index (κ1) is 11.4. The van der Waals surface area contributed by atoms with E-state index >= 15 is 0 Å². The van der Waals surface area contributed by atoms with E-state index in [-0.39, 0.29) is 5.82 Å². The van der Waals surface area contributed by atoms with Crippen LogP contribution in [0, 0.1) is 5.82 Å². The van der Waals surface area contributed by atoms with Gasteiger partial charge in [-0.15, -0.1) is 5.10 Å². The van der Waals surface area contributed by atoms with Crippen LogP contribution in [0.15, 0.2) is 24.3 Å². The monoisotopic (exact) mass is 235 g/mol. The maximum absolute atomic E-state index is 13.0. The average Bonchev–Trinajstić information content (AvgIpc) is 2.60. The summed E-state index contributed by atoms with van der Waals surface area (Å²) in [5.74, 6) is 0.528. The van der Waals surface area contributed by atoms with Crippen molar-refractivity contribution in [3.63, 3.8) is 0 Å². The summed E-state index contributed by atoms with van der Waals surface area (Å²) in [6.07, 6.45) is 0. The Bertz CT molecular complexity index is 508. The Hall–Kier alpha value is -2.11. The molecule has 1 heterocycles. The summed E-state index contributed by atoms with van der Waals surface area (Å²) in [6.45, 7) is 3.08. The minimum atomic E-state index is -0.270. The van der Waals surface area contributed by atoms with Gasteiger partial charge in [-0.05, 0) is 24.6 Å². The van der Waals surface area contributed by atoms with Gasteiger partial charge in [-0.1, -0.05) is 12.1 Å². The first-order valence-electron chi connectivity index (χ1n) is 5.37. The van der Waals surface area contributed by atoms with Gasteiger partial charge in [0.05, 0.1) is 6.54 Å². The molecule has 17 heavy (non-hydrogen) atoms. The number of hydrogen-bond acceptors (Lipinski definition) is 4. The van der Waals surface area contributed by atoms with Gasteiger partial charge in [0.1, 0.15) is 5.82 Å². The van der Waals surface area contributed by atoms with E-state index in [1.54, 1.807) is 6.07 Å². The predicted molar refractivity (Wildman–Crippen MR) is 64.1 cm³/mol. The van der Waals surface area contributed by atoms with E-state index in [1.807, 2.05) is 13.0 Å². The second kappa shape index (κ2) is 4.82. The summed E-state index contributed by atoms with van der Waals surface area (Å²) in [5, 5.41) is 7.14. The van der Waals surface area contributed by atoms with Gasteiger partial charge in [-0.25, -0.2) is 9.07 Å². The molecule has 0 unspecified atom stereocenters. The third-order valence-electron chi connectivity index (χ3n) is 2.26. The Balaban J connectivity index is 2.18. The Morgan fingerprint density at radius 2 is 2.29 bits per heavy atom. The lowest BCUT2D eigenvalue weighted by atomic mass is 10.2. The fourth-order valence-corrected chi connectivity index (χ4v) is 1.51. The fourth-order valence-electron chi connectivity index (χ4n) is 1.51. The number of rotatable bonds is 4. The number of nitrogen functional groups attached to an aromatic ring is 1. The Morgan fingerprint density at radius 3 is 3.00 bits per heavy atom. The fraction of sp³-hybridized carbons (Fsp3) is 0.273. The molecule has 0 amide bonds. The van der Waals surface area contributed by atoms with Crippen molar-refractivity contribution in [1.29, 1.82) is 0 Å². The second-order valence-corrected chi connectivity index (χ2v) is 3.61. The lowest BCUT2D eigenvalue weighted by Crippen LogP contribution is -2.06. The number of aromatic nitrogens is 3. The normalized spacial score (nSPS) is 10.5. The zero-order chi connectivity index (χ0) is 12.3. The van der Waals surface area contributed by atoms with Gasteiger partial charge in [0.25, 0.3) is 0 Å². The van der Waals surface area contributed by atoms with Crippen molar-refractivity contribution in [3.8, 4) is 0 Å². The summed E-state index contributed by atoms with van der Waals surface area (Å²) in [7, 11) is 0. The van der Waals surface area contributed by atoms with Crippen LogP contribution in [-0.4, -0.2) is 21.3 Å². The maximum Gasteiger partial charge on any atom is 0.243 e. The zero-order valence-corrected chi connectivity index (χ0v) is 9.52. The van der Waals surface area contributed by atoms with E-state index in [0.717, 1.165) is 12.1 Å². The lowest BCUT2D eigenvalue weighted by Gasteiger charge is -2.02. The molecule has 0 radical (unpaired) electrons. The number of nitrogens with zero attached hydrogens (tertiary/aromatic N) is 3. The Morgan fingerprint density at radius 1 is 1.47 bits per heavy atom. The maximum atomic E-state index is 13.0. The van der Waals surface area contributed by atoms with Crippen LogP contribution < -0.4 is 11.1 Å². The summed E-state index contributed by atoms with van der Waals surface area (Å²) in [5.41, 5.74) is 6.51. The molecule has 1 aromatic carbocycles. The topological polar surface area (TPSA) is 68.8 Å². The van der Waals surface area contributed by atoms with Gasteiger partial charge < -0.3 is 11.1 Å². The molecule has 0 aliphatic heterocycles. The van der Waals surface area contributed by atoms with Crippen molar-refractivity contribution in [2.75, 3.05) is 17.6 Å². The third kappa shape index (κ3) is 2.72. The average molecular weight is 235 g/mol.